The Labute approximate surface area is 372 Å². The average molecular weight is 894 g/mol. The van der Waals surface area contributed by atoms with Crippen LogP contribution in [0.3, 0.4) is 0 Å². The van der Waals surface area contributed by atoms with Crippen LogP contribution in [0.4, 0.5) is 31.2 Å². The highest BCUT2D eigenvalue weighted by Gasteiger charge is 2.39. The number of amides is 4. The minimum Gasteiger partial charge on any atom is -0.489 e. The molecule has 336 valence electrons. The molecule has 1 aliphatic heterocycles. The molecule has 0 spiro atoms. The summed E-state index contributed by atoms with van der Waals surface area (Å²) in [4.78, 5) is 61.7. The van der Waals surface area contributed by atoms with Crippen molar-refractivity contribution < 1.29 is 46.2 Å². The number of aryl methyl sites for hydroxylation is 1. The quantitative estimate of drug-likeness (QED) is 0.152. The van der Waals surface area contributed by atoms with Crippen molar-refractivity contribution in [1.82, 2.24) is 9.88 Å². The Balaban J connectivity index is 1.31. The van der Waals surface area contributed by atoms with Gasteiger partial charge in [0.1, 0.15) is 35.4 Å². The Kier molecular flexibility index (Phi) is 12.7. The highest BCUT2D eigenvalue weighted by Crippen LogP contribution is 2.38. The number of carbonyl (C=O) groups is 4. The fraction of sp³-hybridized carbons (Fsp3) is 0.354. The average Bonchev–Trinajstić information content (AvgIpc) is 4.08. The molecule has 1 aromatic heterocycles. The third kappa shape index (κ3) is 10.6. The second-order valence-corrected chi connectivity index (χ2v) is 20.2. The number of sulfone groups is 1. The number of halogens is 1. The first-order valence-corrected chi connectivity index (χ1v) is 22.5. The molecule has 4 bridgehead atoms. The lowest BCUT2D eigenvalue weighted by Crippen LogP contribution is -2.44. The van der Waals surface area contributed by atoms with E-state index in [4.69, 9.17) is 14.2 Å². The van der Waals surface area contributed by atoms with Gasteiger partial charge in [-0.2, -0.15) is 4.90 Å². The standard InChI is InChI=1S/C48H52FN5O9S/c1-47(2,3)62-45(57)54(46(58)63-48(4,5)6)43-36-19-15-34(25-37(36)38(49)26-50-43)52-42-31-13-20-39(61-28-29-11-9-8-10-12-29)30(23-31)14-22-41(55)51-33-16-21-40(64(59,60)35-17-18-35)32(24-33)27-53(7)44(42)56/h8-13,15-16,19-21,23-26,35,42,52H,14,17-18,22,27-28H2,1-7H3,(H,51,55). The normalized spacial score (nSPS) is 16.1. The molecule has 1 saturated carbocycles. The molecule has 7 rings (SSSR count). The zero-order chi connectivity index (χ0) is 46.1. The van der Waals surface area contributed by atoms with Crippen LogP contribution in [0.2, 0.25) is 0 Å². The van der Waals surface area contributed by atoms with E-state index >= 15 is 4.39 Å². The molecule has 2 N–H and O–H groups in total. The van der Waals surface area contributed by atoms with E-state index in [2.05, 4.69) is 15.6 Å². The monoisotopic (exact) mass is 893 g/mol. The number of ether oxygens (including phenoxy) is 3. The van der Waals surface area contributed by atoms with E-state index in [1.807, 2.05) is 30.3 Å². The first-order valence-electron chi connectivity index (χ1n) is 21.0. The number of nitrogens with one attached hydrogen (secondary N) is 2. The lowest BCUT2D eigenvalue weighted by atomic mass is 9.98. The van der Waals surface area contributed by atoms with Crippen LogP contribution in [0.25, 0.3) is 10.8 Å². The Bertz CT molecular complexity index is 2700. The van der Waals surface area contributed by atoms with Crippen LogP contribution in [-0.4, -0.2) is 65.8 Å². The van der Waals surface area contributed by atoms with Gasteiger partial charge in [0.05, 0.1) is 16.3 Å². The lowest BCUT2D eigenvalue weighted by Gasteiger charge is -2.29. The van der Waals surface area contributed by atoms with Crippen LogP contribution >= 0.6 is 0 Å². The van der Waals surface area contributed by atoms with Crippen LogP contribution < -0.4 is 20.3 Å². The van der Waals surface area contributed by atoms with Crippen LogP contribution in [0.5, 0.6) is 5.75 Å². The third-order valence-corrected chi connectivity index (χ3v) is 12.8. The summed E-state index contributed by atoms with van der Waals surface area (Å²) >= 11 is 0. The molecule has 2 heterocycles. The molecular formula is C48H52FN5O9S. The smallest absolute Gasteiger partial charge is 0.425 e. The van der Waals surface area contributed by atoms with E-state index < -0.39 is 56.2 Å². The van der Waals surface area contributed by atoms with Gasteiger partial charge in [0, 0.05) is 42.2 Å². The first-order chi connectivity index (χ1) is 30.2. The molecule has 5 aromatic rings. The van der Waals surface area contributed by atoms with Gasteiger partial charge in [-0.25, -0.2) is 27.4 Å². The minimum absolute atomic E-state index is 0.0402. The summed E-state index contributed by atoms with van der Waals surface area (Å²) < 4.78 is 60.5. The number of imide groups is 1. The second-order valence-electron chi connectivity index (χ2n) is 18.0. The molecule has 1 atom stereocenters. The number of benzene rings is 4. The van der Waals surface area contributed by atoms with Gasteiger partial charge in [-0.1, -0.05) is 36.4 Å². The number of anilines is 3. The molecule has 0 radical (unpaired) electrons. The maximum atomic E-state index is 15.9. The number of hydrogen-bond acceptors (Lipinski definition) is 11. The van der Waals surface area contributed by atoms with Gasteiger partial charge >= 0.3 is 12.2 Å². The number of likely N-dealkylation sites (N-methyl/N-ethyl adjacent to an activating group) is 1. The van der Waals surface area contributed by atoms with Gasteiger partial charge in [-0.3, -0.25) is 9.59 Å². The number of pyridine rings is 1. The molecule has 64 heavy (non-hydrogen) atoms. The Morgan fingerprint density at radius 1 is 0.859 bits per heavy atom. The summed E-state index contributed by atoms with van der Waals surface area (Å²) in [5, 5.41) is 5.68. The predicted molar refractivity (Wildman–Crippen MR) is 240 cm³/mol. The van der Waals surface area contributed by atoms with Gasteiger partial charge in [-0.05, 0) is 132 Å². The summed E-state index contributed by atoms with van der Waals surface area (Å²) in [5.41, 5.74) is 1.05. The fourth-order valence-corrected chi connectivity index (χ4v) is 9.13. The number of rotatable bonds is 8. The summed E-state index contributed by atoms with van der Waals surface area (Å²) in [6.45, 7) is 9.92. The van der Waals surface area contributed by atoms with Crippen molar-refractivity contribution in [2.75, 3.05) is 22.6 Å². The van der Waals surface area contributed by atoms with E-state index in [0.717, 1.165) is 11.8 Å². The van der Waals surface area contributed by atoms with Gasteiger partial charge < -0.3 is 29.7 Å². The van der Waals surface area contributed by atoms with Crippen LogP contribution in [0, 0.1) is 5.82 Å². The molecule has 4 amide bonds. The van der Waals surface area contributed by atoms with Crippen molar-refractivity contribution >= 4 is 61.8 Å². The molecule has 1 aliphatic carbocycles. The third-order valence-electron chi connectivity index (χ3n) is 10.4. The summed E-state index contributed by atoms with van der Waals surface area (Å²) in [7, 11) is -2.15. The maximum absolute atomic E-state index is 15.9. The molecule has 1 unspecified atom stereocenters. The van der Waals surface area contributed by atoms with Crippen LogP contribution in [-0.2, 0) is 48.5 Å². The number of hydrogen-bond donors (Lipinski definition) is 2. The van der Waals surface area contributed by atoms with Gasteiger partial charge in [0.25, 0.3) is 0 Å². The Morgan fingerprint density at radius 3 is 2.20 bits per heavy atom. The minimum atomic E-state index is -3.71. The lowest BCUT2D eigenvalue weighted by molar-refractivity contribution is -0.131. The Morgan fingerprint density at radius 2 is 1.55 bits per heavy atom. The summed E-state index contributed by atoms with van der Waals surface area (Å²) in [6.07, 6.45) is 0.0582. The summed E-state index contributed by atoms with van der Waals surface area (Å²) in [6, 6.07) is 22.8. The van der Waals surface area contributed by atoms with E-state index in [1.165, 1.54) is 23.1 Å². The summed E-state index contributed by atoms with van der Waals surface area (Å²) in [5.74, 6) is -1.27. The molecular weight excluding hydrogens is 842 g/mol. The van der Waals surface area contributed by atoms with Crippen LogP contribution in [0.1, 0.15) is 89.1 Å². The van der Waals surface area contributed by atoms with Crippen molar-refractivity contribution in [3.05, 3.63) is 119 Å². The van der Waals surface area contributed by atoms with E-state index in [1.54, 1.807) is 85.0 Å². The van der Waals surface area contributed by atoms with E-state index in [-0.39, 0.29) is 59.1 Å². The van der Waals surface area contributed by atoms with Gasteiger partial charge in [-0.15, -0.1) is 0 Å². The number of aromatic nitrogens is 1. The number of carbonyl (C=O) groups excluding carboxylic acids is 4. The SMILES string of the molecule is CN1Cc2cc(ccc2S(=O)(=O)C2CC2)NC(=O)CCc2cc(ccc2OCc2ccccc2)C(Nc2ccc3c(N(C(=O)OC(C)(C)C)C(=O)OC(C)(C)C)ncc(F)c3c2)C1=O. The van der Waals surface area contributed by atoms with E-state index in [0.29, 0.717) is 45.9 Å². The second kappa shape index (κ2) is 17.9. The number of fused-ring (bicyclic) bond motifs is 5. The molecule has 1 fully saturated rings. The van der Waals surface area contributed by atoms with Crippen molar-refractivity contribution in [2.24, 2.45) is 0 Å². The van der Waals surface area contributed by atoms with Crippen molar-refractivity contribution in [3.63, 3.8) is 0 Å². The zero-order valence-electron chi connectivity index (χ0n) is 36.9. The molecule has 16 heteroatoms. The molecule has 0 saturated heterocycles. The largest absolute Gasteiger partial charge is 0.489 e. The highest BCUT2D eigenvalue weighted by molar-refractivity contribution is 7.92. The van der Waals surface area contributed by atoms with E-state index in [9.17, 15) is 27.6 Å². The topological polar surface area (TPSA) is 174 Å². The first kappa shape index (κ1) is 45.5. The fourth-order valence-electron chi connectivity index (χ4n) is 7.27. The zero-order valence-corrected chi connectivity index (χ0v) is 37.7. The molecule has 2 aliphatic rings. The van der Waals surface area contributed by atoms with Crippen molar-refractivity contribution in [2.45, 2.75) is 108 Å². The maximum Gasteiger partial charge on any atom is 0.425 e. The van der Waals surface area contributed by atoms with Gasteiger partial charge in [0.15, 0.2) is 15.7 Å². The van der Waals surface area contributed by atoms with Gasteiger partial charge in [0.2, 0.25) is 11.8 Å². The van der Waals surface area contributed by atoms with Crippen LogP contribution in [0.15, 0.2) is 96.0 Å². The Hall–Kier alpha value is -6.55. The highest BCUT2D eigenvalue weighted by atomic mass is 32.2. The molecule has 14 nitrogen and oxygen atoms in total. The predicted octanol–water partition coefficient (Wildman–Crippen LogP) is 9.26. The number of nitrogens with zero attached hydrogens (tertiary/aromatic N) is 3. The van der Waals surface area contributed by atoms with Crippen molar-refractivity contribution in [1.29, 1.82) is 0 Å². The molecule has 4 aromatic carbocycles. The van der Waals surface area contributed by atoms with Crippen molar-refractivity contribution in [3.8, 4) is 5.75 Å².